The van der Waals surface area contributed by atoms with E-state index in [0.29, 0.717) is 17.8 Å². The van der Waals surface area contributed by atoms with E-state index in [2.05, 4.69) is 16.1 Å². The number of sulfone groups is 1. The van der Waals surface area contributed by atoms with Crippen molar-refractivity contribution in [2.45, 2.75) is 31.7 Å². The van der Waals surface area contributed by atoms with E-state index in [1.165, 1.54) is 0 Å². The van der Waals surface area contributed by atoms with Crippen molar-refractivity contribution < 1.29 is 8.42 Å². The lowest BCUT2D eigenvalue weighted by Gasteiger charge is -2.24. The summed E-state index contributed by atoms with van der Waals surface area (Å²) in [6, 6.07) is 2.12. The molecule has 114 valence electrons. The Kier molecular flexibility index (Phi) is 3.13. The summed E-state index contributed by atoms with van der Waals surface area (Å²) in [5.74, 6) is 1.04. The minimum Gasteiger partial charge on any atom is -0.383 e. The van der Waals surface area contributed by atoms with E-state index in [1.54, 1.807) is 4.68 Å². The molecule has 2 N–H and O–H groups in total. The van der Waals surface area contributed by atoms with Crippen LogP contribution in [0.5, 0.6) is 0 Å². The molecule has 1 atom stereocenters. The average Bonchev–Trinajstić information content (AvgIpc) is 3.08. The van der Waals surface area contributed by atoms with Gasteiger partial charge in [-0.2, -0.15) is 10.4 Å². The topological polar surface area (TPSA) is 105 Å². The summed E-state index contributed by atoms with van der Waals surface area (Å²) in [5.41, 5.74) is 5.80. The molecular weight excluding hydrogens is 290 g/mol. The minimum atomic E-state index is -3.06. The van der Waals surface area contributed by atoms with Crippen LogP contribution in [0.4, 0.5) is 11.6 Å². The van der Waals surface area contributed by atoms with Crippen LogP contribution in [-0.2, 0) is 15.4 Å². The molecule has 2 aliphatic rings. The molecule has 0 aliphatic carbocycles. The van der Waals surface area contributed by atoms with Crippen LogP contribution in [0.2, 0.25) is 0 Å². The normalized spacial score (nSPS) is 27.9. The molecule has 0 aromatic carbocycles. The van der Waals surface area contributed by atoms with Crippen LogP contribution in [0, 0.1) is 11.3 Å². The van der Waals surface area contributed by atoms with Gasteiger partial charge in [0.05, 0.1) is 17.0 Å². The molecule has 1 aromatic rings. The highest BCUT2D eigenvalue weighted by atomic mass is 32.2. The zero-order valence-corrected chi connectivity index (χ0v) is 12.9. The second-order valence-corrected chi connectivity index (χ2v) is 8.32. The largest absolute Gasteiger partial charge is 0.383 e. The number of anilines is 2. The third-order valence-corrected chi connectivity index (χ3v) is 6.30. The molecule has 3 heterocycles. The summed E-state index contributed by atoms with van der Waals surface area (Å²) >= 11 is 0. The van der Waals surface area contributed by atoms with Gasteiger partial charge in [-0.05, 0) is 26.2 Å². The maximum Gasteiger partial charge on any atom is 0.170 e. The highest BCUT2D eigenvalue weighted by Crippen LogP contribution is 2.36. The van der Waals surface area contributed by atoms with Gasteiger partial charge in [0.1, 0.15) is 17.5 Å². The van der Waals surface area contributed by atoms with Gasteiger partial charge in [0.15, 0.2) is 15.7 Å². The van der Waals surface area contributed by atoms with Gasteiger partial charge >= 0.3 is 0 Å². The van der Waals surface area contributed by atoms with E-state index in [9.17, 15) is 13.7 Å². The van der Waals surface area contributed by atoms with Gasteiger partial charge in [0.25, 0.3) is 0 Å². The quantitative estimate of drug-likeness (QED) is 0.851. The van der Waals surface area contributed by atoms with Gasteiger partial charge in [-0.3, -0.25) is 0 Å². The molecule has 0 saturated carbocycles. The molecule has 2 saturated heterocycles. The fourth-order valence-corrected chi connectivity index (χ4v) is 5.36. The Morgan fingerprint density at radius 3 is 2.57 bits per heavy atom. The number of nitriles is 1. The molecule has 0 spiro atoms. The van der Waals surface area contributed by atoms with Crippen molar-refractivity contribution in [2.24, 2.45) is 0 Å². The van der Waals surface area contributed by atoms with Crippen molar-refractivity contribution in [2.75, 3.05) is 35.2 Å². The van der Waals surface area contributed by atoms with Gasteiger partial charge in [-0.1, -0.05) is 0 Å². The Bertz CT molecular complexity index is 712. The molecule has 0 radical (unpaired) electrons. The van der Waals surface area contributed by atoms with E-state index >= 15 is 0 Å². The number of nitrogen functional groups attached to an aromatic ring is 1. The van der Waals surface area contributed by atoms with Crippen LogP contribution in [0.25, 0.3) is 0 Å². The summed E-state index contributed by atoms with van der Waals surface area (Å²) in [4.78, 5) is 2.05. The van der Waals surface area contributed by atoms with E-state index in [-0.39, 0.29) is 17.3 Å². The second kappa shape index (κ2) is 4.63. The number of aromatic nitrogens is 2. The lowest BCUT2D eigenvalue weighted by molar-refractivity contribution is 0.334. The van der Waals surface area contributed by atoms with Crippen molar-refractivity contribution in [1.29, 1.82) is 5.26 Å². The Hall–Kier alpha value is -1.75. The predicted octanol–water partition coefficient (Wildman–Crippen LogP) is 0.471. The molecule has 8 heteroatoms. The van der Waals surface area contributed by atoms with Gasteiger partial charge in [-0.15, -0.1) is 0 Å². The maximum absolute atomic E-state index is 11.8. The van der Waals surface area contributed by atoms with Crippen LogP contribution in [0.3, 0.4) is 0 Å². The fourth-order valence-electron chi connectivity index (χ4n) is 3.25. The SMILES string of the molecule is CC1(n2nc(N3CCCC3)c(C#N)c2N)CCS(=O)(=O)C1. The van der Waals surface area contributed by atoms with Crippen molar-refractivity contribution >= 4 is 21.5 Å². The van der Waals surface area contributed by atoms with Crippen molar-refractivity contribution in [1.82, 2.24) is 9.78 Å². The molecule has 0 bridgehead atoms. The van der Waals surface area contributed by atoms with Crippen molar-refractivity contribution in [3.05, 3.63) is 5.56 Å². The van der Waals surface area contributed by atoms with E-state index in [1.807, 2.05) is 6.92 Å². The summed E-state index contributed by atoms with van der Waals surface area (Å²) in [6.45, 7) is 3.57. The molecule has 21 heavy (non-hydrogen) atoms. The van der Waals surface area contributed by atoms with Crippen molar-refractivity contribution in [3.8, 4) is 6.07 Å². The minimum absolute atomic E-state index is 0.0240. The number of hydrogen-bond acceptors (Lipinski definition) is 6. The lowest BCUT2D eigenvalue weighted by atomic mass is 10.0. The third-order valence-electron chi connectivity index (χ3n) is 4.41. The first-order chi connectivity index (χ1) is 9.86. The van der Waals surface area contributed by atoms with Gasteiger partial charge in [-0.25, -0.2) is 13.1 Å². The van der Waals surface area contributed by atoms with E-state index in [4.69, 9.17) is 5.73 Å². The van der Waals surface area contributed by atoms with Crippen LogP contribution in [-0.4, -0.2) is 42.8 Å². The number of rotatable bonds is 2. The molecule has 2 aliphatic heterocycles. The standard InChI is InChI=1S/C13H19N5O2S/c1-13(4-7-21(19,20)9-13)18-11(15)10(8-14)12(16-18)17-5-2-3-6-17/h2-7,9,15H2,1H3. The van der Waals surface area contributed by atoms with E-state index in [0.717, 1.165) is 25.9 Å². The molecule has 3 rings (SSSR count). The highest BCUT2D eigenvalue weighted by molar-refractivity contribution is 7.91. The number of nitrogens with zero attached hydrogens (tertiary/aromatic N) is 4. The highest BCUT2D eigenvalue weighted by Gasteiger charge is 2.43. The zero-order chi connectivity index (χ0) is 15.3. The second-order valence-electron chi connectivity index (χ2n) is 6.14. The average molecular weight is 309 g/mol. The van der Waals surface area contributed by atoms with Gasteiger partial charge in [0, 0.05) is 13.1 Å². The number of hydrogen-bond donors (Lipinski definition) is 1. The predicted molar refractivity (Wildman–Crippen MR) is 79.7 cm³/mol. The first-order valence-corrected chi connectivity index (χ1v) is 8.93. The summed E-state index contributed by atoms with van der Waals surface area (Å²) in [5, 5.41) is 13.9. The Morgan fingerprint density at radius 2 is 2.05 bits per heavy atom. The van der Waals surface area contributed by atoms with Crippen molar-refractivity contribution in [3.63, 3.8) is 0 Å². The molecule has 1 unspecified atom stereocenters. The smallest absolute Gasteiger partial charge is 0.170 e. The van der Waals surface area contributed by atoms with Gasteiger partial charge in [0.2, 0.25) is 0 Å². The van der Waals surface area contributed by atoms with Crippen LogP contribution >= 0.6 is 0 Å². The molecular formula is C13H19N5O2S. The lowest BCUT2D eigenvalue weighted by Crippen LogP contribution is -2.33. The van der Waals surface area contributed by atoms with Gasteiger partial charge < -0.3 is 10.6 Å². The zero-order valence-electron chi connectivity index (χ0n) is 12.0. The third kappa shape index (κ3) is 2.25. The Morgan fingerprint density at radius 1 is 1.38 bits per heavy atom. The molecule has 2 fully saturated rings. The van der Waals surface area contributed by atoms with E-state index < -0.39 is 15.4 Å². The number of nitrogens with two attached hydrogens (primary N) is 1. The monoisotopic (exact) mass is 309 g/mol. The molecule has 0 amide bonds. The Labute approximate surface area is 124 Å². The summed E-state index contributed by atoms with van der Waals surface area (Å²) < 4.78 is 25.1. The first-order valence-electron chi connectivity index (χ1n) is 7.11. The maximum atomic E-state index is 11.8. The fraction of sp³-hybridized carbons (Fsp3) is 0.692. The Balaban J connectivity index is 2.06. The van der Waals surface area contributed by atoms with Crippen LogP contribution in [0.15, 0.2) is 0 Å². The van der Waals surface area contributed by atoms with Crippen LogP contribution in [0.1, 0.15) is 31.7 Å². The summed E-state index contributed by atoms with van der Waals surface area (Å²) in [6.07, 6.45) is 2.62. The first kappa shape index (κ1) is 14.2. The summed E-state index contributed by atoms with van der Waals surface area (Å²) in [7, 11) is -3.06. The molecule has 7 nitrogen and oxygen atoms in total. The van der Waals surface area contributed by atoms with Crippen LogP contribution < -0.4 is 10.6 Å². The molecule has 1 aromatic heterocycles.